The Morgan fingerprint density at radius 2 is 1.81 bits per heavy atom. The molecule has 1 aromatic carbocycles. The smallest absolute Gasteiger partial charge is 0.267 e. The summed E-state index contributed by atoms with van der Waals surface area (Å²) in [5.74, 6) is 0.883. The fourth-order valence-corrected chi connectivity index (χ4v) is 4.29. The number of hydrogen-bond donors (Lipinski definition) is 0. The van der Waals surface area contributed by atoms with Crippen LogP contribution in [0.1, 0.15) is 24.1 Å². The monoisotopic (exact) mass is 380 g/mol. The molecule has 5 nitrogen and oxygen atoms in total. The summed E-state index contributed by atoms with van der Waals surface area (Å²) >= 11 is 1.75. The number of rotatable bonds is 5. The van der Waals surface area contributed by atoms with E-state index in [1.165, 1.54) is 5.56 Å². The zero-order valence-electron chi connectivity index (χ0n) is 15.5. The fraction of sp³-hybridized carbons (Fsp3) is 0.333. The predicted octanol–water partition coefficient (Wildman–Crippen LogP) is 3.24. The number of benzene rings is 1. The highest BCUT2D eigenvalue weighted by molar-refractivity contribution is 7.07. The van der Waals surface area contributed by atoms with E-state index in [1.54, 1.807) is 22.1 Å². The van der Waals surface area contributed by atoms with Gasteiger partial charge in [0.05, 0.1) is 6.54 Å². The van der Waals surface area contributed by atoms with Crippen molar-refractivity contribution in [3.05, 3.63) is 80.8 Å². The first-order valence-electron chi connectivity index (χ1n) is 9.34. The van der Waals surface area contributed by atoms with Gasteiger partial charge in [0.2, 0.25) is 0 Å². The lowest BCUT2D eigenvalue weighted by Crippen LogP contribution is -2.47. The lowest BCUT2D eigenvalue weighted by atomic mass is 10.1. The highest BCUT2D eigenvalue weighted by Gasteiger charge is 2.23. The van der Waals surface area contributed by atoms with Crippen LogP contribution < -0.4 is 10.5 Å². The molecule has 140 valence electrons. The van der Waals surface area contributed by atoms with Crippen LogP contribution in [0, 0.1) is 0 Å². The van der Waals surface area contributed by atoms with Gasteiger partial charge in [0, 0.05) is 38.3 Å². The van der Waals surface area contributed by atoms with Crippen molar-refractivity contribution in [1.82, 2.24) is 14.7 Å². The second kappa shape index (κ2) is 8.06. The number of nitrogens with zero attached hydrogens (tertiary/aromatic N) is 4. The third-order valence-corrected chi connectivity index (χ3v) is 5.94. The van der Waals surface area contributed by atoms with Gasteiger partial charge >= 0.3 is 0 Å². The zero-order valence-corrected chi connectivity index (χ0v) is 16.3. The first kappa shape index (κ1) is 17.9. The average molecular weight is 381 g/mol. The molecule has 3 aromatic rings. The Labute approximate surface area is 163 Å². The van der Waals surface area contributed by atoms with Crippen molar-refractivity contribution in [3.8, 4) is 0 Å². The average Bonchev–Trinajstić information content (AvgIpc) is 3.25. The van der Waals surface area contributed by atoms with Gasteiger partial charge in [0.15, 0.2) is 0 Å². The summed E-state index contributed by atoms with van der Waals surface area (Å²) in [5, 5.41) is 9.00. The van der Waals surface area contributed by atoms with Crippen LogP contribution in [0.2, 0.25) is 0 Å². The molecule has 2 aromatic heterocycles. The maximum atomic E-state index is 12.2. The Morgan fingerprint density at radius 3 is 2.52 bits per heavy atom. The molecule has 0 bridgehead atoms. The van der Waals surface area contributed by atoms with Crippen LogP contribution in [0.5, 0.6) is 0 Å². The largest absolute Gasteiger partial charge is 0.353 e. The molecule has 0 spiro atoms. The maximum Gasteiger partial charge on any atom is 0.267 e. The van der Waals surface area contributed by atoms with Crippen molar-refractivity contribution in [2.75, 3.05) is 31.1 Å². The zero-order chi connectivity index (χ0) is 18.6. The molecule has 0 N–H and O–H groups in total. The lowest BCUT2D eigenvalue weighted by Gasteiger charge is -2.38. The van der Waals surface area contributed by atoms with Gasteiger partial charge in [-0.05, 0) is 40.9 Å². The van der Waals surface area contributed by atoms with Crippen molar-refractivity contribution >= 4 is 17.2 Å². The number of hydrogen-bond acceptors (Lipinski definition) is 5. The van der Waals surface area contributed by atoms with Gasteiger partial charge < -0.3 is 4.90 Å². The van der Waals surface area contributed by atoms with Crippen LogP contribution >= 0.6 is 11.3 Å². The van der Waals surface area contributed by atoms with Crippen LogP contribution in [0.4, 0.5) is 5.82 Å². The molecule has 3 heterocycles. The normalized spacial score (nSPS) is 16.4. The molecule has 0 radical (unpaired) electrons. The van der Waals surface area contributed by atoms with E-state index in [1.807, 2.05) is 36.4 Å². The van der Waals surface area contributed by atoms with Crippen LogP contribution in [0.15, 0.2) is 64.1 Å². The number of anilines is 1. The van der Waals surface area contributed by atoms with Gasteiger partial charge in [-0.15, -0.1) is 0 Å². The van der Waals surface area contributed by atoms with E-state index in [-0.39, 0.29) is 5.56 Å². The van der Waals surface area contributed by atoms with Crippen molar-refractivity contribution in [1.29, 1.82) is 0 Å². The second-order valence-electron chi connectivity index (χ2n) is 6.93. The summed E-state index contributed by atoms with van der Waals surface area (Å²) < 4.78 is 1.56. The SMILES string of the molecule is CC(c1ccsc1)N1CCN(c2ccc(=O)n(Cc3ccccc3)n2)CC1. The van der Waals surface area contributed by atoms with Crippen LogP contribution in [0.25, 0.3) is 0 Å². The van der Waals surface area contributed by atoms with Crippen LogP contribution in [-0.2, 0) is 6.54 Å². The first-order chi connectivity index (χ1) is 13.2. The second-order valence-corrected chi connectivity index (χ2v) is 7.71. The Hall–Kier alpha value is -2.44. The van der Waals surface area contributed by atoms with Crippen molar-refractivity contribution in [2.45, 2.75) is 19.5 Å². The summed E-state index contributed by atoms with van der Waals surface area (Å²) in [7, 11) is 0. The van der Waals surface area contributed by atoms with Crippen molar-refractivity contribution < 1.29 is 0 Å². The van der Waals surface area contributed by atoms with E-state index in [9.17, 15) is 4.79 Å². The highest BCUT2D eigenvalue weighted by Crippen LogP contribution is 2.24. The Morgan fingerprint density at radius 1 is 1.04 bits per heavy atom. The lowest BCUT2D eigenvalue weighted by molar-refractivity contribution is 0.198. The van der Waals surface area contributed by atoms with Gasteiger partial charge in [-0.1, -0.05) is 30.3 Å². The Kier molecular flexibility index (Phi) is 5.36. The van der Waals surface area contributed by atoms with Gasteiger partial charge in [-0.3, -0.25) is 9.69 Å². The molecular weight excluding hydrogens is 356 g/mol. The molecule has 1 atom stereocenters. The van der Waals surface area contributed by atoms with E-state index >= 15 is 0 Å². The quantitative estimate of drug-likeness (QED) is 0.681. The first-order valence-corrected chi connectivity index (χ1v) is 10.3. The van der Waals surface area contributed by atoms with E-state index in [0.717, 1.165) is 37.6 Å². The van der Waals surface area contributed by atoms with E-state index in [0.29, 0.717) is 12.6 Å². The van der Waals surface area contributed by atoms with Gasteiger partial charge in [-0.2, -0.15) is 16.4 Å². The molecule has 1 fully saturated rings. The Bertz CT molecular complexity index is 915. The summed E-state index contributed by atoms with van der Waals surface area (Å²) in [4.78, 5) is 17.0. The van der Waals surface area contributed by atoms with E-state index in [4.69, 9.17) is 0 Å². The Balaban J connectivity index is 1.44. The number of aromatic nitrogens is 2. The summed E-state index contributed by atoms with van der Waals surface area (Å²) in [6.07, 6.45) is 0. The van der Waals surface area contributed by atoms with Gasteiger partial charge in [0.1, 0.15) is 5.82 Å². The topological polar surface area (TPSA) is 41.4 Å². The molecule has 1 aliphatic rings. The third kappa shape index (κ3) is 4.12. The minimum Gasteiger partial charge on any atom is -0.353 e. The van der Waals surface area contributed by atoms with Gasteiger partial charge in [-0.25, -0.2) is 4.68 Å². The van der Waals surface area contributed by atoms with E-state index in [2.05, 4.69) is 38.6 Å². The van der Waals surface area contributed by atoms with Crippen LogP contribution in [0.3, 0.4) is 0 Å². The van der Waals surface area contributed by atoms with Crippen molar-refractivity contribution in [3.63, 3.8) is 0 Å². The van der Waals surface area contributed by atoms with Crippen molar-refractivity contribution in [2.24, 2.45) is 0 Å². The fourth-order valence-electron chi connectivity index (χ4n) is 3.54. The molecule has 0 amide bonds. The number of thiophene rings is 1. The molecular formula is C21H24N4OS. The standard InChI is InChI=1S/C21H24N4OS/c1-17(19-9-14-27-16-19)23-10-12-24(13-11-23)20-7-8-21(26)25(22-20)15-18-5-3-2-4-6-18/h2-9,14,16-17H,10-13,15H2,1H3. The minimum atomic E-state index is -0.0627. The minimum absolute atomic E-state index is 0.0627. The molecule has 1 aliphatic heterocycles. The summed E-state index contributed by atoms with van der Waals surface area (Å²) in [5.41, 5.74) is 2.41. The predicted molar refractivity (Wildman–Crippen MR) is 111 cm³/mol. The summed E-state index contributed by atoms with van der Waals surface area (Å²) in [6.45, 7) is 6.61. The van der Waals surface area contributed by atoms with Gasteiger partial charge in [0.25, 0.3) is 5.56 Å². The van der Waals surface area contributed by atoms with Crippen LogP contribution in [-0.4, -0.2) is 40.9 Å². The third-order valence-electron chi connectivity index (χ3n) is 5.24. The number of piperazine rings is 1. The molecule has 0 aliphatic carbocycles. The molecule has 6 heteroatoms. The molecule has 27 heavy (non-hydrogen) atoms. The molecule has 4 rings (SSSR count). The maximum absolute atomic E-state index is 12.2. The molecule has 1 saturated heterocycles. The molecule has 1 unspecified atom stereocenters. The van der Waals surface area contributed by atoms with E-state index < -0.39 is 0 Å². The highest BCUT2D eigenvalue weighted by atomic mass is 32.1. The molecule has 0 saturated carbocycles. The summed E-state index contributed by atoms with van der Waals surface area (Å²) in [6, 6.07) is 16.1.